The van der Waals surface area contributed by atoms with Crippen LogP contribution in [0.25, 0.3) is 11.0 Å². The van der Waals surface area contributed by atoms with Gasteiger partial charge in [-0.25, -0.2) is 4.79 Å². The van der Waals surface area contributed by atoms with Crippen LogP contribution in [0.1, 0.15) is 16.1 Å². The van der Waals surface area contributed by atoms with Crippen LogP contribution in [0.5, 0.6) is 0 Å². The normalized spacial score (nSPS) is 10.6. The quantitative estimate of drug-likeness (QED) is 0.377. The highest BCUT2D eigenvalue weighted by Gasteiger charge is 2.22. The fourth-order valence-corrected chi connectivity index (χ4v) is 2.64. The van der Waals surface area contributed by atoms with Crippen LogP contribution in [0.2, 0.25) is 0 Å². The molecule has 0 aliphatic rings. The van der Waals surface area contributed by atoms with Crippen molar-refractivity contribution >= 4 is 34.2 Å². The molecule has 0 saturated carbocycles. The number of non-ortho nitro benzene ring substituents is 1. The Kier molecular flexibility index (Phi) is 5.66. The Bertz CT molecular complexity index is 1040. The second-order valence-corrected chi connectivity index (χ2v) is 5.77. The standard InChI is InChI=1S/C19H16N2O7/c1-26-10-15-14-7-2-3-8-16(14)28-18(15)19(23)27-11-17(22)20-12-5-4-6-13(9-12)21(24)25/h2-9H,10-11H2,1H3,(H,20,22). The maximum Gasteiger partial charge on any atom is 0.375 e. The third-order valence-corrected chi connectivity index (χ3v) is 3.85. The zero-order valence-electron chi connectivity index (χ0n) is 14.8. The first-order chi connectivity index (χ1) is 13.5. The van der Waals surface area contributed by atoms with Crippen LogP contribution >= 0.6 is 0 Å². The predicted molar refractivity (Wildman–Crippen MR) is 98.9 cm³/mol. The maximum atomic E-state index is 12.4. The maximum absolute atomic E-state index is 12.4. The first kappa shape index (κ1) is 19.1. The largest absolute Gasteiger partial charge is 0.450 e. The topological polar surface area (TPSA) is 121 Å². The molecule has 1 heterocycles. The molecule has 0 bridgehead atoms. The summed E-state index contributed by atoms with van der Waals surface area (Å²) in [6.45, 7) is -0.438. The summed E-state index contributed by atoms with van der Waals surface area (Å²) in [7, 11) is 1.49. The van der Waals surface area contributed by atoms with Crippen LogP contribution in [-0.4, -0.2) is 30.5 Å². The number of benzene rings is 2. The molecular weight excluding hydrogens is 368 g/mol. The Morgan fingerprint density at radius 3 is 2.71 bits per heavy atom. The Hall–Kier alpha value is -3.72. The van der Waals surface area contributed by atoms with E-state index in [1.54, 1.807) is 24.3 Å². The lowest BCUT2D eigenvalue weighted by Gasteiger charge is -2.06. The number of esters is 1. The summed E-state index contributed by atoms with van der Waals surface area (Å²) in [5.74, 6) is -1.48. The molecule has 1 aromatic heterocycles. The Morgan fingerprint density at radius 1 is 1.18 bits per heavy atom. The number of nitro benzene ring substituents is 1. The predicted octanol–water partition coefficient (Wildman–Crippen LogP) is 3.28. The number of para-hydroxylation sites is 1. The van der Waals surface area contributed by atoms with Crippen molar-refractivity contribution in [1.29, 1.82) is 0 Å². The van der Waals surface area contributed by atoms with Gasteiger partial charge in [-0.15, -0.1) is 0 Å². The van der Waals surface area contributed by atoms with Crippen molar-refractivity contribution < 1.29 is 28.4 Å². The highest BCUT2D eigenvalue weighted by atomic mass is 16.6. The summed E-state index contributed by atoms with van der Waals surface area (Å²) in [6.07, 6.45) is 0. The van der Waals surface area contributed by atoms with Crippen LogP contribution < -0.4 is 5.32 Å². The van der Waals surface area contributed by atoms with Gasteiger partial charge < -0.3 is 19.2 Å². The first-order valence-electron chi connectivity index (χ1n) is 8.20. The Morgan fingerprint density at radius 2 is 1.96 bits per heavy atom. The number of nitrogens with zero attached hydrogens (tertiary/aromatic N) is 1. The lowest BCUT2D eigenvalue weighted by Crippen LogP contribution is -2.21. The van der Waals surface area contributed by atoms with Gasteiger partial charge in [0.05, 0.1) is 11.5 Å². The van der Waals surface area contributed by atoms with Crippen molar-refractivity contribution in [3.05, 3.63) is 70.0 Å². The van der Waals surface area contributed by atoms with Crippen LogP contribution in [0.4, 0.5) is 11.4 Å². The van der Waals surface area contributed by atoms with Gasteiger partial charge >= 0.3 is 5.97 Å². The van der Waals surface area contributed by atoms with Gasteiger partial charge in [-0.1, -0.05) is 24.3 Å². The molecule has 0 aliphatic carbocycles. The van der Waals surface area contributed by atoms with E-state index in [9.17, 15) is 19.7 Å². The van der Waals surface area contributed by atoms with E-state index < -0.39 is 23.4 Å². The zero-order valence-corrected chi connectivity index (χ0v) is 14.8. The number of amides is 1. The van der Waals surface area contributed by atoms with Gasteiger partial charge in [-0.3, -0.25) is 14.9 Å². The van der Waals surface area contributed by atoms with Crippen molar-refractivity contribution in [2.45, 2.75) is 6.61 Å². The molecule has 0 fully saturated rings. The smallest absolute Gasteiger partial charge is 0.375 e. The number of nitro groups is 1. The Labute approximate surface area is 159 Å². The number of fused-ring (bicyclic) bond motifs is 1. The fraction of sp³-hybridized carbons (Fsp3) is 0.158. The molecule has 2 aromatic carbocycles. The molecule has 0 radical (unpaired) electrons. The number of hydrogen-bond donors (Lipinski definition) is 1. The van der Waals surface area contributed by atoms with Crippen LogP contribution in [-0.2, 0) is 20.9 Å². The molecule has 144 valence electrons. The number of furan rings is 1. The van der Waals surface area contributed by atoms with Crippen molar-refractivity contribution in [3.8, 4) is 0 Å². The SMILES string of the molecule is COCc1c(C(=O)OCC(=O)Nc2cccc([N+](=O)[O-])c2)oc2ccccc12. The van der Waals surface area contributed by atoms with Crippen LogP contribution in [0.3, 0.4) is 0 Å². The van der Waals surface area contributed by atoms with Crippen molar-refractivity contribution in [1.82, 2.24) is 0 Å². The number of carbonyl (C=O) groups excluding carboxylic acids is 2. The molecule has 3 aromatic rings. The van der Waals surface area contributed by atoms with Gasteiger partial charge in [-0.05, 0) is 12.1 Å². The van der Waals surface area contributed by atoms with Crippen LogP contribution in [0, 0.1) is 10.1 Å². The molecule has 9 nitrogen and oxygen atoms in total. The summed E-state index contributed by atoms with van der Waals surface area (Å²) in [5.41, 5.74) is 1.09. The highest BCUT2D eigenvalue weighted by molar-refractivity contribution is 5.98. The van der Waals surface area contributed by atoms with E-state index in [0.717, 1.165) is 5.39 Å². The van der Waals surface area contributed by atoms with Crippen LogP contribution in [0.15, 0.2) is 52.9 Å². The molecule has 3 rings (SSSR count). The highest BCUT2D eigenvalue weighted by Crippen LogP contribution is 2.27. The average molecular weight is 384 g/mol. The minimum absolute atomic E-state index is 0.0359. The molecule has 0 unspecified atom stereocenters. The monoisotopic (exact) mass is 384 g/mol. The summed E-state index contributed by atoms with van der Waals surface area (Å²) >= 11 is 0. The Balaban J connectivity index is 1.68. The fourth-order valence-electron chi connectivity index (χ4n) is 2.64. The van der Waals surface area contributed by atoms with Gasteiger partial charge in [0, 0.05) is 35.9 Å². The third-order valence-electron chi connectivity index (χ3n) is 3.85. The molecule has 0 saturated heterocycles. The summed E-state index contributed by atoms with van der Waals surface area (Å²) in [5, 5.41) is 13.9. The van der Waals surface area contributed by atoms with Crippen molar-refractivity contribution in [2.75, 3.05) is 19.0 Å². The number of anilines is 1. The lowest BCUT2D eigenvalue weighted by molar-refractivity contribution is -0.384. The minimum atomic E-state index is -0.808. The van der Waals surface area contributed by atoms with Crippen molar-refractivity contribution in [2.24, 2.45) is 0 Å². The summed E-state index contributed by atoms with van der Waals surface area (Å²) in [4.78, 5) is 34.6. The van der Waals surface area contributed by atoms with Gasteiger partial charge in [0.15, 0.2) is 6.61 Å². The molecule has 1 amide bonds. The molecule has 28 heavy (non-hydrogen) atoms. The molecule has 0 spiro atoms. The number of hydrogen-bond acceptors (Lipinski definition) is 7. The molecule has 1 N–H and O–H groups in total. The number of rotatable bonds is 7. The summed E-state index contributed by atoms with van der Waals surface area (Å²) < 4.78 is 15.7. The van der Waals surface area contributed by atoms with Gasteiger partial charge in [0.2, 0.25) is 5.76 Å². The molecular formula is C19H16N2O7. The van der Waals surface area contributed by atoms with Gasteiger partial charge in [0.25, 0.3) is 11.6 Å². The minimum Gasteiger partial charge on any atom is -0.450 e. The number of nitrogens with one attached hydrogen (secondary N) is 1. The van der Waals surface area contributed by atoms with Gasteiger partial charge in [-0.2, -0.15) is 0 Å². The first-order valence-corrected chi connectivity index (χ1v) is 8.20. The van der Waals surface area contributed by atoms with E-state index in [-0.39, 0.29) is 23.7 Å². The molecule has 0 aliphatic heterocycles. The van der Waals surface area contributed by atoms with E-state index in [1.165, 1.54) is 31.4 Å². The average Bonchev–Trinajstić information content (AvgIpc) is 3.05. The molecule has 0 atom stereocenters. The van der Waals surface area contributed by atoms with E-state index in [4.69, 9.17) is 13.9 Å². The second kappa shape index (κ2) is 8.31. The lowest BCUT2D eigenvalue weighted by atomic mass is 10.1. The van der Waals surface area contributed by atoms with Crippen molar-refractivity contribution in [3.63, 3.8) is 0 Å². The van der Waals surface area contributed by atoms with E-state index in [0.29, 0.717) is 11.1 Å². The number of ether oxygens (including phenoxy) is 2. The van der Waals surface area contributed by atoms with E-state index in [2.05, 4.69) is 5.32 Å². The summed E-state index contributed by atoms with van der Waals surface area (Å²) in [6, 6.07) is 12.5. The third kappa shape index (κ3) is 4.15. The van der Waals surface area contributed by atoms with E-state index >= 15 is 0 Å². The molecule has 9 heteroatoms. The van der Waals surface area contributed by atoms with Gasteiger partial charge in [0.1, 0.15) is 5.58 Å². The number of carbonyl (C=O) groups is 2. The zero-order chi connectivity index (χ0) is 20.1. The number of methoxy groups -OCH3 is 1. The second-order valence-electron chi connectivity index (χ2n) is 5.77. The van der Waals surface area contributed by atoms with E-state index in [1.807, 2.05) is 0 Å².